The topological polar surface area (TPSA) is 23.6 Å². The Morgan fingerprint density at radius 3 is 2.48 bits per heavy atom. The lowest BCUT2D eigenvalue weighted by atomic mass is 9.81. The van der Waals surface area contributed by atoms with Gasteiger partial charge in [-0.2, -0.15) is 11.3 Å². The van der Waals surface area contributed by atoms with E-state index in [2.05, 4.69) is 47.4 Å². The molecule has 3 nitrogen and oxygen atoms in total. The molecule has 0 N–H and O–H groups in total. The van der Waals surface area contributed by atoms with Crippen molar-refractivity contribution in [3.05, 3.63) is 22.4 Å². The van der Waals surface area contributed by atoms with Gasteiger partial charge in [0.15, 0.2) is 0 Å². The zero-order valence-corrected chi connectivity index (χ0v) is 18.7. The fourth-order valence-electron chi connectivity index (χ4n) is 5.54. The molecule has 152 valence electrons. The highest BCUT2D eigenvalue weighted by atomic mass is 35.5. The predicted octanol–water partition coefficient (Wildman–Crippen LogP) is 5.17. The Hall–Kier alpha value is -0.580. The van der Waals surface area contributed by atoms with Gasteiger partial charge in [-0.05, 0) is 41.7 Å². The number of nitrogens with zero attached hydrogens (tertiary/aromatic N) is 2. The lowest BCUT2D eigenvalue weighted by molar-refractivity contribution is -0.141. The van der Waals surface area contributed by atoms with Crippen molar-refractivity contribution in [2.45, 2.75) is 77.3 Å². The molecular formula is C22H35ClN2OS. The molecule has 0 unspecified atom stereocenters. The molecule has 1 aromatic rings. The van der Waals surface area contributed by atoms with Crippen molar-refractivity contribution < 1.29 is 4.79 Å². The third-order valence-electron chi connectivity index (χ3n) is 6.93. The van der Waals surface area contributed by atoms with E-state index in [1.165, 1.54) is 50.8 Å². The largest absolute Gasteiger partial charge is 0.338 e. The zero-order chi connectivity index (χ0) is 18.3. The molecule has 5 heteroatoms. The van der Waals surface area contributed by atoms with Crippen LogP contribution in [0.4, 0.5) is 0 Å². The van der Waals surface area contributed by atoms with Crippen LogP contribution in [0.3, 0.4) is 0 Å². The van der Waals surface area contributed by atoms with Crippen LogP contribution in [0.25, 0.3) is 0 Å². The third-order valence-corrected chi connectivity index (χ3v) is 7.63. The van der Waals surface area contributed by atoms with E-state index >= 15 is 0 Å². The molecule has 3 fully saturated rings. The molecule has 0 radical (unpaired) electrons. The smallest absolute Gasteiger partial charge is 0.228 e. The maximum absolute atomic E-state index is 13.1. The number of carbonyl (C=O) groups is 1. The van der Waals surface area contributed by atoms with Gasteiger partial charge >= 0.3 is 0 Å². The fourth-order valence-corrected chi connectivity index (χ4v) is 6.27. The van der Waals surface area contributed by atoms with Crippen LogP contribution in [0, 0.1) is 11.3 Å². The maximum Gasteiger partial charge on any atom is 0.228 e. The lowest BCUT2D eigenvalue weighted by Gasteiger charge is -2.44. The van der Waals surface area contributed by atoms with Crippen molar-refractivity contribution in [3.63, 3.8) is 0 Å². The number of amides is 1. The van der Waals surface area contributed by atoms with Gasteiger partial charge in [0.1, 0.15) is 0 Å². The van der Waals surface area contributed by atoms with Gasteiger partial charge in [0, 0.05) is 49.0 Å². The molecule has 3 aliphatic rings. The van der Waals surface area contributed by atoms with Crippen LogP contribution in [0.1, 0.15) is 70.8 Å². The maximum atomic E-state index is 13.1. The van der Waals surface area contributed by atoms with Crippen LogP contribution in [0.15, 0.2) is 16.8 Å². The number of thiophene rings is 1. The Labute approximate surface area is 174 Å². The molecule has 3 heterocycles. The number of piperidine rings is 1. The van der Waals surface area contributed by atoms with E-state index in [4.69, 9.17) is 0 Å². The second kappa shape index (κ2) is 8.42. The molecular weight excluding hydrogens is 376 g/mol. The molecule has 0 bridgehead atoms. The first-order chi connectivity index (χ1) is 12.4. The number of hydrogen-bond donors (Lipinski definition) is 0. The van der Waals surface area contributed by atoms with E-state index in [1.54, 1.807) is 11.3 Å². The molecule has 27 heavy (non-hydrogen) atoms. The average Bonchev–Trinajstić information content (AvgIpc) is 3.28. The van der Waals surface area contributed by atoms with Crippen LogP contribution in [-0.4, -0.2) is 47.4 Å². The van der Waals surface area contributed by atoms with E-state index in [-0.39, 0.29) is 17.8 Å². The Morgan fingerprint density at radius 2 is 1.85 bits per heavy atom. The Kier molecular flexibility index (Phi) is 6.59. The minimum atomic E-state index is -0.283. The minimum absolute atomic E-state index is 0. The number of carbonyl (C=O) groups excluding carboxylic acids is 1. The summed E-state index contributed by atoms with van der Waals surface area (Å²) in [5, 5.41) is 4.51. The molecule has 0 spiro atoms. The van der Waals surface area contributed by atoms with Gasteiger partial charge in [0.2, 0.25) is 5.91 Å². The van der Waals surface area contributed by atoms with Gasteiger partial charge in [-0.3, -0.25) is 9.69 Å². The van der Waals surface area contributed by atoms with Crippen molar-refractivity contribution in [1.82, 2.24) is 9.80 Å². The monoisotopic (exact) mass is 410 g/mol. The van der Waals surface area contributed by atoms with E-state index in [1.807, 2.05) is 0 Å². The van der Waals surface area contributed by atoms with Gasteiger partial charge < -0.3 is 4.90 Å². The van der Waals surface area contributed by atoms with Gasteiger partial charge in [-0.15, -0.1) is 12.4 Å². The average molecular weight is 411 g/mol. The lowest BCUT2D eigenvalue weighted by Crippen LogP contribution is -2.52. The second-order valence-electron chi connectivity index (χ2n) is 9.68. The van der Waals surface area contributed by atoms with E-state index in [0.717, 1.165) is 19.0 Å². The fraction of sp³-hybridized carbons (Fsp3) is 0.773. The number of halogens is 1. The number of hydrogen-bond acceptors (Lipinski definition) is 3. The first kappa shape index (κ1) is 21.1. The Morgan fingerprint density at radius 1 is 1.11 bits per heavy atom. The van der Waals surface area contributed by atoms with Gasteiger partial charge in [-0.1, -0.05) is 40.0 Å². The van der Waals surface area contributed by atoms with Crippen LogP contribution >= 0.6 is 23.7 Å². The summed E-state index contributed by atoms with van der Waals surface area (Å²) in [4.78, 5) is 18.2. The third kappa shape index (κ3) is 4.23. The summed E-state index contributed by atoms with van der Waals surface area (Å²) in [6.45, 7) is 9.48. The SMILES string of the molecule is CC(C)(C)C(=O)N1C[C@H](c2ccsc2)[C@H]2CN(C3CCCCC3)CC[C@H]21.Cl. The summed E-state index contributed by atoms with van der Waals surface area (Å²) in [6, 6.07) is 3.52. The molecule has 1 saturated carbocycles. The summed E-state index contributed by atoms with van der Waals surface area (Å²) >= 11 is 1.79. The van der Waals surface area contributed by atoms with Gasteiger partial charge in [-0.25, -0.2) is 0 Å². The van der Waals surface area contributed by atoms with Gasteiger partial charge in [0.05, 0.1) is 0 Å². The molecule has 0 aromatic carbocycles. The molecule has 2 saturated heterocycles. The number of rotatable bonds is 2. The Balaban J connectivity index is 0.00000210. The van der Waals surface area contributed by atoms with Crippen molar-refractivity contribution in [3.8, 4) is 0 Å². The zero-order valence-electron chi connectivity index (χ0n) is 17.0. The molecule has 1 amide bonds. The van der Waals surface area contributed by atoms with Crippen LogP contribution in [0.5, 0.6) is 0 Å². The van der Waals surface area contributed by atoms with Crippen molar-refractivity contribution in [2.75, 3.05) is 19.6 Å². The molecule has 4 rings (SSSR count). The van der Waals surface area contributed by atoms with Crippen LogP contribution < -0.4 is 0 Å². The van der Waals surface area contributed by atoms with Crippen molar-refractivity contribution >= 4 is 29.7 Å². The summed E-state index contributed by atoms with van der Waals surface area (Å²) in [5.41, 5.74) is 1.17. The molecule has 3 atom stereocenters. The van der Waals surface area contributed by atoms with Crippen LogP contribution in [-0.2, 0) is 4.79 Å². The second-order valence-corrected chi connectivity index (χ2v) is 10.5. The highest BCUT2D eigenvalue weighted by molar-refractivity contribution is 7.08. The molecule has 1 aliphatic carbocycles. The van der Waals surface area contributed by atoms with Gasteiger partial charge in [0.25, 0.3) is 0 Å². The first-order valence-electron chi connectivity index (χ1n) is 10.5. The standard InChI is InChI=1S/C22H34N2OS.ClH/c1-22(2,3)21(25)24-14-18(16-10-12-26-15-16)19-13-23(11-9-20(19)24)17-7-5-4-6-8-17;/h10,12,15,17-20H,4-9,11,13-14H2,1-3H3;1H/t18-,19-,20-;/m1./s1. The molecule has 1 aromatic heterocycles. The van der Waals surface area contributed by atoms with E-state index < -0.39 is 0 Å². The normalized spacial score (nSPS) is 30.0. The number of likely N-dealkylation sites (tertiary alicyclic amines) is 2. The first-order valence-corrected chi connectivity index (χ1v) is 11.5. The molecule has 2 aliphatic heterocycles. The summed E-state index contributed by atoms with van der Waals surface area (Å²) < 4.78 is 0. The van der Waals surface area contributed by atoms with E-state index in [9.17, 15) is 4.79 Å². The summed E-state index contributed by atoms with van der Waals surface area (Å²) in [6.07, 6.45) is 8.14. The number of fused-ring (bicyclic) bond motifs is 1. The predicted molar refractivity (Wildman–Crippen MR) is 116 cm³/mol. The van der Waals surface area contributed by atoms with Crippen molar-refractivity contribution in [2.24, 2.45) is 11.3 Å². The van der Waals surface area contributed by atoms with E-state index in [0.29, 0.717) is 23.8 Å². The summed E-state index contributed by atoms with van der Waals surface area (Å²) in [7, 11) is 0. The highest BCUT2D eigenvalue weighted by Crippen LogP contribution is 2.44. The summed E-state index contributed by atoms with van der Waals surface area (Å²) in [5.74, 6) is 1.46. The minimum Gasteiger partial charge on any atom is -0.338 e. The highest BCUT2D eigenvalue weighted by Gasteiger charge is 2.49. The Bertz CT molecular complexity index is 621. The van der Waals surface area contributed by atoms with Crippen molar-refractivity contribution in [1.29, 1.82) is 0 Å². The quantitative estimate of drug-likeness (QED) is 0.671. The van der Waals surface area contributed by atoms with Crippen LogP contribution in [0.2, 0.25) is 0 Å².